The fourth-order valence-electron chi connectivity index (χ4n) is 0.622. The topological polar surface area (TPSA) is 12.0 Å². The minimum atomic E-state index is -2.52. The van der Waals surface area contributed by atoms with Crippen LogP contribution in [0.1, 0.15) is 26.2 Å². The third-order valence-electron chi connectivity index (χ3n) is 1.22. The van der Waals surface area contributed by atoms with Gasteiger partial charge in [-0.3, -0.25) is 3.53 Å². The maximum Gasteiger partial charge on any atom is 0.261 e. The maximum absolute atomic E-state index is 12.5. The maximum atomic E-state index is 12.5. The second-order valence-electron chi connectivity index (χ2n) is 2.27. The van der Waals surface area contributed by atoms with Crippen molar-refractivity contribution < 1.29 is 8.78 Å². The van der Waals surface area contributed by atoms with Gasteiger partial charge in [0.25, 0.3) is 5.92 Å². The molecule has 0 aromatic heterocycles. The van der Waals surface area contributed by atoms with Gasteiger partial charge in [0, 0.05) is 29.3 Å². The number of halogens is 3. The smallest absolute Gasteiger partial charge is 0.255 e. The minimum Gasteiger partial charge on any atom is -0.255 e. The van der Waals surface area contributed by atoms with Gasteiger partial charge in [0.2, 0.25) is 0 Å². The molecule has 0 unspecified atom stereocenters. The highest BCUT2D eigenvalue weighted by Crippen LogP contribution is 2.20. The van der Waals surface area contributed by atoms with E-state index in [0.29, 0.717) is 6.42 Å². The average molecular weight is 263 g/mol. The van der Waals surface area contributed by atoms with Crippen molar-refractivity contribution in [3.05, 3.63) is 0 Å². The predicted molar refractivity (Wildman–Crippen MR) is 46.5 cm³/mol. The highest BCUT2D eigenvalue weighted by Gasteiger charge is 2.26. The Bertz CT molecular complexity index is 87.8. The molecule has 0 saturated carbocycles. The summed E-state index contributed by atoms with van der Waals surface area (Å²) in [6.45, 7) is 1.70. The molecule has 0 radical (unpaired) electrons. The fraction of sp³-hybridized carbons (Fsp3) is 1.00. The number of nitrogens with one attached hydrogen (secondary N) is 1. The van der Waals surface area contributed by atoms with Crippen LogP contribution in [0.2, 0.25) is 0 Å². The Morgan fingerprint density at radius 1 is 1.50 bits per heavy atom. The van der Waals surface area contributed by atoms with Gasteiger partial charge in [-0.15, -0.1) is 0 Å². The molecule has 0 bridgehead atoms. The van der Waals surface area contributed by atoms with E-state index < -0.39 is 5.92 Å². The molecule has 1 N–H and O–H groups in total. The Hall–Kier alpha value is 0.550. The monoisotopic (exact) mass is 263 g/mol. The lowest BCUT2D eigenvalue weighted by Gasteiger charge is -2.13. The largest absolute Gasteiger partial charge is 0.261 e. The van der Waals surface area contributed by atoms with Gasteiger partial charge in [-0.2, -0.15) is 0 Å². The molecule has 0 spiro atoms. The van der Waals surface area contributed by atoms with E-state index in [1.807, 2.05) is 6.92 Å². The van der Waals surface area contributed by atoms with Crippen LogP contribution in [0.15, 0.2) is 0 Å². The first-order valence-electron chi connectivity index (χ1n) is 3.33. The standard InChI is InChI=1S/C6H12F2IN/c1-2-3-4-6(7,8)5-10-9/h10H,2-5H2,1H3. The predicted octanol–water partition coefficient (Wildman–Crippen LogP) is 2.75. The summed E-state index contributed by atoms with van der Waals surface area (Å²) in [6, 6.07) is 0. The van der Waals surface area contributed by atoms with Gasteiger partial charge >= 0.3 is 0 Å². The van der Waals surface area contributed by atoms with Crippen LogP contribution in [0.3, 0.4) is 0 Å². The van der Waals surface area contributed by atoms with Crippen molar-refractivity contribution in [2.24, 2.45) is 0 Å². The number of hydrogen-bond donors (Lipinski definition) is 1. The van der Waals surface area contributed by atoms with E-state index in [2.05, 4.69) is 3.53 Å². The summed E-state index contributed by atoms with van der Waals surface area (Å²) in [5, 5.41) is 0. The first kappa shape index (κ1) is 10.6. The molecule has 1 nitrogen and oxygen atoms in total. The first-order valence-corrected chi connectivity index (χ1v) is 4.41. The van der Waals surface area contributed by atoms with E-state index in [1.165, 1.54) is 0 Å². The summed E-state index contributed by atoms with van der Waals surface area (Å²) in [7, 11) is 0. The number of hydrogen-bond acceptors (Lipinski definition) is 1. The molecule has 0 aliphatic rings. The van der Waals surface area contributed by atoms with Gasteiger partial charge in [0.1, 0.15) is 0 Å². The van der Waals surface area contributed by atoms with Crippen LogP contribution in [0.25, 0.3) is 0 Å². The Kier molecular flexibility index (Phi) is 5.52. The zero-order valence-electron chi connectivity index (χ0n) is 5.96. The molecule has 4 heteroatoms. The molecule has 0 aromatic carbocycles. The van der Waals surface area contributed by atoms with Crippen molar-refractivity contribution in [2.45, 2.75) is 32.1 Å². The molecule has 0 rings (SSSR count). The zero-order valence-corrected chi connectivity index (χ0v) is 8.12. The SMILES string of the molecule is CCCCC(F)(F)CNI. The second kappa shape index (κ2) is 5.23. The molecule has 0 amide bonds. The lowest BCUT2D eigenvalue weighted by atomic mass is 10.1. The molecule has 0 fully saturated rings. The van der Waals surface area contributed by atoms with Crippen LogP contribution in [-0.4, -0.2) is 12.5 Å². The lowest BCUT2D eigenvalue weighted by Crippen LogP contribution is -2.27. The van der Waals surface area contributed by atoms with E-state index >= 15 is 0 Å². The molecule has 0 aromatic rings. The van der Waals surface area contributed by atoms with Gasteiger partial charge in [-0.1, -0.05) is 13.3 Å². The third kappa shape index (κ3) is 5.34. The van der Waals surface area contributed by atoms with Crippen molar-refractivity contribution in [3.8, 4) is 0 Å². The molecule has 0 heterocycles. The minimum absolute atomic E-state index is 0.000494. The summed E-state index contributed by atoms with van der Waals surface area (Å²) >= 11 is 1.73. The van der Waals surface area contributed by atoms with Crippen molar-refractivity contribution in [2.75, 3.05) is 6.54 Å². The summed E-state index contributed by atoms with van der Waals surface area (Å²) < 4.78 is 27.5. The van der Waals surface area contributed by atoms with Crippen LogP contribution in [0.5, 0.6) is 0 Å². The molecule has 0 aliphatic heterocycles. The molecule has 0 aliphatic carbocycles. The first-order chi connectivity index (χ1) is 4.62. The Morgan fingerprint density at radius 3 is 2.50 bits per heavy atom. The third-order valence-corrected chi connectivity index (χ3v) is 1.60. The molecule has 10 heavy (non-hydrogen) atoms. The summed E-state index contributed by atoms with van der Waals surface area (Å²) in [4.78, 5) is 0. The number of unbranched alkanes of at least 4 members (excludes halogenated alkanes) is 1. The van der Waals surface area contributed by atoms with Gasteiger partial charge in [-0.25, -0.2) is 8.78 Å². The zero-order chi connectivity index (χ0) is 8.04. The summed E-state index contributed by atoms with van der Waals surface area (Å²) in [5.74, 6) is -2.52. The fourth-order valence-corrected chi connectivity index (χ4v) is 1.18. The molecular formula is C6H12F2IN. The van der Waals surface area contributed by atoms with E-state index in [-0.39, 0.29) is 13.0 Å². The van der Waals surface area contributed by atoms with Gasteiger partial charge in [0.05, 0.1) is 6.54 Å². The number of rotatable bonds is 5. The van der Waals surface area contributed by atoms with Gasteiger partial charge in [0.15, 0.2) is 0 Å². The van der Waals surface area contributed by atoms with E-state index in [1.54, 1.807) is 22.9 Å². The van der Waals surface area contributed by atoms with Crippen molar-refractivity contribution in [1.82, 2.24) is 3.53 Å². The van der Waals surface area contributed by atoms with E-state index in [4.69, 9.17) is 0 Å². The molecule has 0 saturated heterocycles. The number of alkyl halides is 2. The van der Waals surface area contributed by atoms with Gasteiger partial charge in [-0.05, 0) is 6.42 Å². The van der Waals surface area contributed by atoms with Crippen molar-refractivity contribution in [1.29, 1.82) is 0 Å². The highest BCUT2D eigenvalue weighted by atomic mass is 127. The quantitative estimate of drug-likeness (QED) is 0.594. The normalized spacial score (nSPS) is 12.0. The summed E-state index contributed by atoms with van der Waals surface area (Å²) in [6.07, 6.45) is 1.43. The van der Waals surface area contributed by atoms with E-state index in [0.717, 1.165) is 6.42 Å². The average Bonchev–Trinajstić information content (AvgIpc) is 1.84. The second-order valence-corrected chi connectivity index (χ2v) is 3.03. The van der Waals surface area contributed by atoms with Crippen LogP contribution in [0, 0.1) is 0 Å². The van der Waals surface area contributed by atoms with Crippen molar-refractivity contribution in [3.63, 3.8) is 0 Å². The van der Waals surface area contributed by atoms with Crippen LogP contribution in [0.4, 0.5) is 8.78 Å². The highest BCUT2D eigenvalue weighted by molar-refractivity contribution is 14.1. The van der Waals surface area contributed by atoms with Crippen molar-refractivity contribution >= 4 is 22.9 Å². The summed E-state index contributed by atoms with van der Waals surface area (Å²) in [5.41, 5.74) is 0. The van der Waals surface area contributed by atoms with Crippen LogP contribution in [-0.2, 0) is 0 Å². The van der Waals surface area contributed by atoms with E-state index in [9.17, 15) is 8.78 Å². The Balaban J connectivity index is 3.42. The molecule has 62 valence electrons. The van der Waals surface area contributed by atoms with Gasteiger partial charge < -0.3 is 0 Å². The lowest BCUT2D eigenvalue weighted by molar-refractivity contribution is -0.00191. The van der Waals surface area contributed by atoms with Crippen LogP contribution >= 0.6 is 22.9 Å². The Morgan fingerprint density at radius 2 is 2.10 bits per heavy atom. The molecule has 0 atom stereocenters. The van der Waals surface area contributed by atoms with Crippen LogP contribution < -0.4 is 3.53 Å². The molecular weight excluding hydrogens is 251 g/mol. The Labute approximate surface area is 74.1 Å².